The highest BCUT2D eigenvalue weighted by atomic mass is 79.9. The Morgan fingerprint density at radius 2 is 1.96 bits per heavy atom. The first-order valence-electron chi connectivity index (χ1n) is 7.36. The van der Waals surface area contributed by atoms with Crippen LogP contribution in [0.5, 0.6) is 0 Å². The molecular weight excluding hydrogens is 385 g/mol. The van der Waals surface area contributed by atoms with Gasteiger partial charge < -0.3 is 4.74 Å². The number of nitrogens with zero attached hydrogens (tertiary/aromatic N) is 1. The molecule has 0 aliphatic carbocycles. The van der Waals surface area contributed by atoms with Gasteiger partial charge in [-0.05, 0) is 49.2 Å². The molecule has 132 valence electrons. The van der Waals surface area contributed by atoms with E-state index >= 15 is 0 Å². The van der Waals surface area contributed by atoms with E-state index in [1.807, 2.05) is 0 Å². The fourth-order valence-corrected chi connectivity index (χ4v) is 2.49. The molecule has 1 unspecified atom stereocenters. The molecule has 24 heavy (non-hydrogen) atoms. The molecule has 0 aliphatic rings. The van der Waals surface area contributed by atoms with Crippen LogP contribution in [0.15, 0.2) is 16.6 Å². The Hall–Kier alpha value is -1.83. The number of halogens is 2. The second kappa shape index (κ2) is 7.83. The lowest BCUT2D eigenvalue weighted by Crippen LogP contribution is -2.32. The number of rotatable bonds is 6. The van der Waals surface area contributed by atoms with E-state index in [2.05, 4.69) is 15.9 Å². The Kier molecular flexibility index (Phi) is 6.59. The first kappa shape index (κ1) is 20.2. The molecule has 6 nitrogen and oxygen atoms in total. The standard InChI is InChI=1S/C16H19BrFNO5/c1-5-6-13(20)14(15(21)24-16(2,3)4)9-7-10(17)11(18)8-12(9)19(22)23/h7-8,14H,5-6H2,1-4H3. The first-order chi connectivity index (χ1) is 11.0. The summed E-state index contributed by atoms with van der Waals surface area (Å²) in [6.45, 7) is 6.63. The monoisotopic (exact) mass is 403 g/mol. The normalized spacial score (nSPS) is 12.6. The van der Waals surface area contributed by atoms with Gasteiger partial charge >= 0.3 is 5.97 Å². The third-order valence-corrected chi connectivity index (χ3v) is 3.65. The van der Waals surface area contributed by atoms with Crippen LogP contribution in [0, 0.1) is 15.9 Å². The lowest BCUT2D eigenvalue weighted by Gasteiger charge is -2.23. The number of nitro groups is 1. The predicted molar refractivity (Wildman–Crippen MR) is 89.3 cm³/mol. The maximum atomic E-state index is 13.7. The van der Waals surface area contributed by atoms with Crippen LogP contribution in [0.25, 0.3) is 0 Å². The molecule has 0 spiro atoms. The zero-order valence-corrected chi connectivity index (χ0v) is 15.5. The van der Waals surface area contributed by atoms with Gasteiger partial charge in [-0.3, -0.25) is 19.7 Å². The van der Waals surface area contributed by atoms with E-state index in [1.165, 1.54) is 0 Å². The lowest BCUT2D eigenvalue weighted by atomic mass is 9.90. The van der Waals surface area contributed by atoms with Gasteiger partial charge in [-0.25, -0.2) is 4.39 Å². The minimum atomic E-state index is -1.47. The Morgan fingerprint density at radius 3 is 2.42 bits per heavy atom. The Bertz CT molecular complexity index is 669. The predicted octanol–water partition coefficient (Wildman–Crippen LogP) is 4.29. The van der Waals surface area contributed by atoms with E-state index in [4.69, 9.17) is 4.74 Å². The summed E-state index contributed by atoms with van der Waals surface area (Å²) in [5.41, 5.74) is -1.68. The van der Waals surface area contributed by atoms with Crippen molar-refractivity contribution in [3.63, 3.8) is 0 Å². The van der Waals surface area contributed by atoms with E-state index in [0.29, 0.717) is 12.5 Å². The van der Waals surface area contributed by atoms with Crippen molar-refractivity contribution < 1.29 is 23.6 Å². The van der Waals surface area contributed by atoms with E-state index < -0.39 is 39.7 Å². The number of carbonyl (C=O) groups excluding carboxylic acids is 2. The summed E-state index contributed by atoms with van der Waals surface area (Å²) in [4.78, 5) is 35.3. The molecule has 0 amide bonds. The molecule has 0 saturated heterocycles. The highest BCUT2D eigenvalue weighted by Gasteiger charge is 2.37. The largest absolute Gasteiger partial charge is 0.459 e. The third kappa shape index (κ3) is 5.09. The van der Waals surface area contributed by atoms with Gasteiger partial charge in [-0.15, -0.1) is 0 Å². The van der Waals surface area contributed by atoms with Crippen molar-refractivity contribution in [1.29, 1.82) is 0 Å². The fraction of sp³-hybridized carbons (Fsp3) is 0.500. The molecule has 0 aliphatic heterocycles. The maximum absolute atomic E-state index is 13.7. The van der Waals surface area contributed by atoms with Crippen molar-refractivity contribution in [1.82, 2.24) is 0 Å². The molecule has 0 heterocycles. The average molecular weight is 404 g/mol. The van der Waals surface area contributed by atoms with Crippen LogP contribution in [-0.2, 0) is 14.3 Å². The highest BCUT2D eigenvalue weighted by molar-refractivity contribution is 9.10. The van der Waals surface area contributed by atoms with Gasteiger partial charge in [-0.1, -0.05) is 6.92 Å². The summed E-state index contributed by atoms with van der Waals surface area (Å²) >= 11 is 2.94. The third-order valence-electron chi connectivity index (χ3n) is 3.04. The summed E-state index contributed by atoms with van der Waals surface area (Å²) in [6, 6.07) is 1.78. The van der Waals surface area contributed by atoms with E-state index in [1.54, 1.807) is 27.7 Å². The molecule has 8 heteroatoms. The van der Waals surface area contributed by atoms with Crippen molar-refractivity contribution in [2.75, 3.05) is 0 Å². The quantitative estimate of drug-likeness (QED) is 0.306. The zero-order chi connectivity index (χ0) is 18.7. The minimum absolute atomic E-state index is 0.0516. The van der Waals surface area contributed by atoms with Crippen LogP contribution in [-0.4, -0.2) is 22.3 Å². The summed E-state index contributed by atoms with van der Waals surface area (Å²) in [5.74, 6) is -3.71. The summed E-state index contributed by atoms with van der Waals surface area (Å²) < 4.78 is 18.8. The topological polar surface area (TPSA) is 86.5 Å². The SMILES string of the molecule is CCCC(=O)C(C(=O)OC(C)(C)C)c1cc(Br)c(F)cc1[N+](=O)[O-]. The van der Waals surface area contributed by atoms with Crippen LogP contribution >= 0.6 is 15.9 Å². The number of esters is 1. The number of carbonyl (C=O) groups is 2. The van der Waals surface area contributed by atoms with Gasteiger partial charge in [0.25, 0.3) is 5.69 Å². The number of benzene rings is 1. The highest BCUT2D eigenvalue weighted by Crippen LogP contribution is 2.34. The van der Waals surface area contributed by atoms with E-state index in [9.17, 15) is 24.1 Å². The van der Waals surface area contributed by atoms with Crippen LogP contribution in [0.1, 0.15) is 52.0 Å². The molecule has 1 rings (SSSR count). The molecule has 1 aromatic carbocycles. The van der Waals surface area contributed by atoms with Crippen LogP contribution < -0.4 is 0 Å². The second-order valence-corrected chi connectivity index (χ2v) is 7.12. The van der Waals surface area contributed by atoms with Gasteiger partial charge in [0.1, 0.15) is 17.3 Å². The molecule has 0 aromatic heterocycles. The first-order valence-corrected chi connectivity index (χ1v) is 8.16. The smallest absolute Gasteiger partial charge is 0.321 e. The van der Waals surface area contributed by atoms with Crippen molar-refractivity contribution in [3.05, 3.63) is 38.1 Å². The Balaban J connectivity index is 3.49. The Morgan fingerprint density at radius 1 is 1.38 bits per heavy atom. The van der Waals surface area contributed by atoms with Crippen molar-refractivity contribution >= 4 is 33.4 Å². The van der Waals surface area contributed by atoms with E-state index in [-0.39, 0.29) is 16.5 Å². The van der Waals surface area contributed by atoms with Gasteiger partial charge in [-0.2, -0.15) is 0 Å². The lowest BCUT2D eigenvalue weighted by molar-refractivity contribution is -0.385. The fourth-order valence-electron chi connectivity index (χ4n) is 2.12. The average Bonchev–Trinajstić information content (AvgIpc) is 2.40. The van der Waals surface area contributed by atoms with Crippen LogP contribution in [0.3, 0.4) is 0 Å². The second-order valence-electron chi connectivity index (χ2n) is 6.27. The molecule has 0 bridgehead atoms. The number of ketones is 1. The van der Waals surface area contributed by atoms with Crippen molar-refractivity contribution in [3.8, 4) is 0 Å². The maximum Gasteiger partial charge on any atom is 0.321 e. The van der Waals surface area contributed by atoms with Gasteiger partial charge in [0, 0.05) is 6.42 Å². The van der Waals surface area contributed by atoms with Crippen molar-refractivity contribution in [2.45, 2.75) is 52.1 Å². The van der Waals surface area contributed by atoms with Crippen LogP contribution in [0.2, 0.25) is 0 Å². The molecule has 0 N–H and O–H groups in total. The van der Waals surface area contributed by atoms with E-state index in [0.717, 1.165) is 6.07 Å². The van der Waals surface area contributed by atoms with Gasteiger partial charge in [0.15, 0.2) is 5.78 Å². The molecule has 1 aromatic rings. The minimum Gasteiger partial charge on any atom is -0.459 e. The van der Waals surface area contributed by atoms with Gasteiger partial charge in [0.2, 0.25) is 0 Å². The molecule has 0 fully saturated rings. The summed E-state index contributed by atoms with van der Waals surface area (Å²) in [6.07, 6.45) is 0.518. The summed E-state index contributed by atoms with van der Waals surface area (Å²) in [7, 11) is 0. The number of hydrogen-bond acceptors (Lipinski definition) is 5. The number of ether oxygens (including phenoxy) is 1. The number of Topliss-reactive ketones (excluding diaryl/α,β-unsaturated/α-hetero) is 1. The molecule has 0 saturated carbocycles. The summed E-state index contributed by atoms with van der Waals surface area (Å²) in [5, 5.41) is 11.2. The zero-order valence-electron chi connectivity index (χ0n) is 13.9. The molecular formula is C16H19BrFNO5. The number of hydrogen-bond donors (Lipinski definition) is 0. The van der Waals surface area contributed by atoms with Crippen molar-refractivity contribution in [2.24, 2.45) is 0 Å². The van der Waals surface area contributed by atoms with Crippen LogP contribution in [0.4, 0.5) is 10.1 Å². The number of nitro benzene ring substituents is 1. The molecule has 1 atom stereocenters. The van der Waals surface area contributed by atoms with Gasteiger partial charge in [0.05, 0.1) is 21.0 Å². The Labute approximate surface area is 147 Å². The molecule has 0 radical (unpaired) electrons.